The zero-order chi connectivity index (χ0) is 13.4. The van der Waals surface area contributed by atoms with E-state index in [-0.39, 0.29) is 11.7 Å². The summed E-state index contributed by atoms with van der Waals surface area (Å²) < 4.78 is 1.69. The van der Waals surface area contributed by atoms with Gasteiger partial charge in [-0.05, 0) is 43.2 Å². The summed E-state index contributed by atoms with van der Waals surface area (Å²) in [6.07, 6.45) is 2.04. The molecule has 6 heteroatoms. The monoisotopic (exact) mass is 272 g/mol. The first-order valence-electron chi connectivity index (χ1n) is 6.05. The van der Waals surface area contributed by atoms with Crippen molar-refractivity contribution in [2.45, 2.75) is 35.9 Å². The molecule has 19 heavy (non-hydrogen) atoms. The van der Waals surface area contributed by atoms with Crippen LogP contribution in [0.1, 0.15) is 30.0 Å². The molecule has 0 amide bonds. The van der Waals surface area contributed by atoms with Crippen LogP contribution < -0.4 is 5.69 Å². The fourth-order valence-electron chi connectivity index (χ4n) is 1.98. The molecule has 0 atom stereocenters. The molecule has 2 aromatic rings. The number of aryl methyl sites for hydroxylation is 1. The SMILES string of the molecule is Cc1cccc(C#N)c1Sc1n[nH]c(=O)n1C1CC1. The Morgan fingerprint density at radius 1 is 1.53 bits per heavy atom. The van der Waals surface area contributed by atoms with Gasteiger partial charge in [0.25, 0.3) is 0 Å². The van der Waals surface area contributed by atoms with E-state index in [0.717, 1.165) is 23.3 Å². The Kier molecular flexibility index (Phi) is 2.91. The van der Waals surface area contributed by atoms with Crippen LogP contribution in [0.15, 0.2) is 33.0 Å². The number of aromatic amines is 1. The van der Waals surface area contributed by atoms with Crippen LogP contribution in [-0.2, 0) is 0 Å². The molecule has 0 radical (unpaired) electrons. The summed E-state index contributed by atoms with van der Waals surface area (Å²) in [5.74, 6) is 0. The molecule has 0 bridgehead atoms. The number of aromatic nitrogens is 3. The minimum absolute atomic E-state index is 0.169. The van der Waals surface area contributed by atoms with Crippen LogP contribution in [-0.4, -0.2) is 14.8 Å². The van der Waals surface area contributed by atoms with Gasteiger partial charge in [-0.25, -0.2) is 9.89 Å². The largest absolute Gasteiger partial charge is 0.344 e. The molecule has 1 saturated carbocycles. The van der Waals surface area contributed by atoms with E-state index in [1.54, 1.807) is 10.6 Å². The van der Waals surface area contributed by atoms with Crippen molar-refractivity contribution in [3.63, 3.8) is 0 Å². The lowest BCUT2D eigenvalue weighted by Gasteiger charge is -2.07. The third-order valence-electron chi connectivity index (χ3n) is 3.11. The van der Waals surface area contributed by atoms with Crippen LogP contribution >= 0.6 is 11.8 Å². The van der Waals surface area contributed by atoms with E-state index in [9.17, 15) is 4.79 Å². The van der Waals surface area contributed by atoms with Gasteiger partial charge in [-0.1, -0.05) is 12.1 Å². The van der Waals surface area contributed by atoms with Gasteiger partial charge in [0, 0.05) is 10.9 Å². The van der Waals surface area contributed by atoms with Crippen molar-refractivity contribution >= 4 is 11.8 Å². The summed E-state index contributed by atoms with van der Waals surface area (Å²) in [6.45, 7) is 1.95. The zero-order valence-corrected chi connectivity index (χ0v) is 11.2. The van der Waals surface area contributed by atoms with Crippen molar-refractivity contribution in [1.29, 1.82) is 5.26 Å². The highest BCUT2D eigenvalue weighted by molar-refractivity contribution is 7.99. The minimum Gasteiger partial charge on any atom is -0.267 e. The van der Waals surface area contributed by atoms with Crippen LogP contribution in [0, 0.1) is 18.3 Å². The maximum absolute atomic E-state index is 11.7. The van der Waals surface area contributed by atoms with Gasteiger partial charge in [0.05, 0.1) is 5.56 Å². The van der Waals surface area contributed by atoms with Crippen molar-refractivity contribution in [2.75, 3.05) is 0 Å². The Morgan fingerprint density at radius 3 is 3.00 bits per heavy atom. The summed E-state index contributed by atoms with van der Waals surface area (Å²) >= 11 is 1.38. The standard InChI is InChI=1S/C13H12N4OS/c1-8-3-2-4-9(7-14)11(8)19-13-16-15-12(18)17(13)10-5-6-10/h2-4,10H,5-6H2,1H3,(H,15,18). The summed E-state index contributed by atoms with van der Waals surface area (Å²) in [5.41, 5.74) is 1.46. The fourth-order valence-corrected chi connectivity index (χ4v) is 3.04. The van der Waals surface area contributed by atoms with E-state index in [4.69, 9.17) is 5.26 Å². The van der Waals surface area contributed by atoms with E-state index in [0.29, 0.717) is 10.7 Å². The molecule has 96 valence electrons. The van der Waals surface area contributed by atoms with Crippen LogP contribution in [0.25, 0.3) is 0 Å². The van der Waals surface area contributed by atoms with Crippen molar-refractivity contribution in [3.8, 4) is 6.07 Å². The molecule has 1 aliphatic carbocycles. The lowest BCUT2D eigenvalue weighted by molar-refractivity contribution is 0.642. The number of rotatable bonds is 3. The quantitative estimate of drug-likeness (QED) is 0.929. The molecule has 1 N–H and O–H groups in total. The van der Waals surface area contributed by atoms with Crippen LogP contribution in [0.2, 0.25) is 0 Å². The zero-order valence-electron chi connectivity index (χ0n) is 10.4. The van der Waals surface area contributed by atoms with Crippen molar-refractivity contribution in [2.24, 2.45) is 0 Å². The second-order valence-electron chi connectivity index (χ2n) is 4.58. The van der Waals surface area contributed by atoms with Crippen LogP contribution in [0.4, 0.5) is 0 Å². The minimum atomic E-state index is -0.169. The molecule has 1 aromatic carbocycles. The highest BCUT2D eigenvalue weighted by atomic mass is 32.2. The Bertz CT molecular complexity index is 721. The molecule has 1 aliphatic rings. The van der Waals surface area contributed by atoms with E-state index < -0.39 is 0 Å². The van der Waals surface area contributed by atoms with Gasteiger partial charge in [0.15, 0.2) is 5.16 Å². The number of nitrogens with one attached hydrogen (secondary N) is 1. The predicted octanol–water partition coefficient (Wildman–Crippen LogP) is 2.24. The van der Waals surface area contributed by atoms with Crippen molar-refractivity contribution < 1.29 is 0 Å². The third-order valence-corrected chi connectivity index (χ3v) is 4.33. The van der Waals surface area contributed by atoms with E-state index >= 15 is 0 Å². The fraction of sp³-hybridized carbons (Fsp3) is 0.308. The van der Waals surface area contributed by atoms with Gasteiger partial charge in [-0.3, -0.25) is 4.57 Å². The Hall–Kier alpha value is -2.00. The predicted molar refractivity (Wildman–Crippen MR) is 71.1 cm³/mol. The maximum atomic E-state index is 11.7. The molecule has 0 saturated heterocycles. The Morgan fingerprint density at radius 2 is 2.32 bits per heavy atom. The van der Waals surface area contributed by atoms with Crippen LogP contribution in [0.5, 0.6) is 0 Å². The molecular weight excluding hydrogens is 260 g/mol. The number of H-pyrrole nitrogens is 1. The summed E-state index contributed by atoms with van der Waals surface area (Å²) in [7, 11) is 0. The van der Waals surface area contributed by atoms with Gasteiger partial charge in [0.2, 0.25) is 0 Å². The normalized spacial score (nSPS) is 14.3. The molecule has 5 nitrogen and oxygen atoms in total. The lowest BCUT2D eigenvalue weighted by atomic mass is 10.1. The van der Waals surface area contributed by atoms with Crippen LogP contribution in [0.3, 0.4) is 0 Å². The van der Waals surface area contributed by atoms with E-state index in [1.807, 2.05) is 19.1 Å². The number of hydrogen-bond donors (Lipinski definition) is 1. The third kappa shape index (κ3) is 2.17. The second-order valence-corrected chi connectivity index (χ2v) is 5.56. The highest BCUT2D eigenvalue weighted by Gasteiger charge is 2.29. The van der Waals surface area contributed by atoms with Gasteiger partial charge in [-0.2, -0.15) is 5.26 Å². The molecule has 3 rings (SSSR count). The number of hydrogen-bond acceptors (Lipinski definition) is 4. The maximum Gasteiger partial charge on any atom is 0.344 e. The summed E-state index contributed by atoms with van der Waals surface area (Å²) in [6, 6.07) is 8.04. The molecule has 0 aliphatic heterocycles. The van der Waals surface area contributed by atoms with Gasteiger partial charge >= 0.3 is 5.69 Å². The lowest BCUT2D eigenvalue weighted by Crippen LogP contribution is -2.16. The van der Waals surface area contributed by atoms with Crippen molar-refractivity contribution in [3.05, 3.63) is 39.8 Å². The number of nitrogens with zero attached hydrogens (tertiary/aromatic N) is 3. The summed E-state index contributed by atoms with van der Waals surface area (Å²) in [5, 5.41) is 16.4. The second kappa shape index (κ2) is 4.59. The first kappa shape index (κ1) is 12.1. The number of benzene rings is 1. The molecular formula is C13H12N4OS. The Balaban J connectivity index is 2.03. The first-order chi connectivity index (χ1) is 9.20. The van der Waals surface area contributed by atoms with Gasteiger partial charge < -0.3 is 0 Å². The molecule has 1 fully saturated rings. The Labute approximate surface area is 114 Å². The summed E-state index contributed by atoms with van der Waals surface area (Å²) in [4.78, 5) is 12.6. The van der Waals surface area contributed by atoms with Crippen molar-refractivity contribution in [1.82, 2.24) is 14.8 Å². The molecule has 0 spiro atoms. The van der Waals surface area contributed by atoms with E-state index in [2.05, 4.69) is 16.3 Å². The van der Waals surface area contributed by atoms with Gasteiger partial charge in [-0.15, -0.1) is 5.10 Å². The topological polar surface area (TPSA) is 74.5 Å². The highest BCUT2D eigenvalue weighted by Crippen LogP contribution is 2.38. The molecule has 0 unspecified atom stereocenters. The van der Waals surface area contributed by atoms with Gasteiger partial charge in [0.1, 0.15) is 6.07 Å². The molecule has 1 heterocycles. The number of nitriles is 1. The van der Waals surface area contributed by atoms with E-state index in [1.165, 1.54) is 11.8 Å². The molecule has 1 aromatic heterocycles. The smallest absolute Gasteiger partial charge is 0.267 e. The first-order valence-corrected chi connectivity index (χ1v) is 6.87. The average Bonchev–Trinajstić information content (AvgIpc) is 3.17. The average molecular weight is 272 g/mol.